The third-order valence-corrected chi connectivity index (χ3v) is 5.89. The molecule has 2 unspecified atom stereocenters. The maximum Gasteiger partial charge on any atom is 0.191 e. The fourth-order valence-electron chi connectivity index (χ4n) is 3.09. The minimum atomic E-state index is 0. The van der Waals surface area contributed by atoms with Crippen molar-refractivity contribution in [2.24, 2.45) is 4.99 Å². The summed E-state index contributed by atoms with van der Waals surface area (Å²) in [4.78, 5) is 4.76. The van der Waals surface area contributed by atoms with Crippen molar-refractivity contribution in [1.82, 2.24) is 10.6 Å². The summed E-state index contributed by atoms with van der Waals surface area (Å²) in [5.74, 6) is 3.20. The molecule has 2 saturated heterocycles. The van der Waals surface area contributed by atoms with Crippen LogP contribution in [-0.2, 0) is 11.2 Å². The predicted molar refractivity (Wildman–Crippen MR) is 115 cm³/mol. The normalized spacial score (nSPS) is 23.9. The fourth-order valence-corrected chi connectivity index (χ4v) is 4.29. The molecule has 0 aliphatic carbocycles. The summed E-state index contributed by atoms with van der Waals surface area (Å²) >= 11 is 2.07. The van der Waals surface area contributed by atoms with Crippen LogP contribution in [0.4, 0.5) is 0 Å². The van der Waals surface area contributed by atoms with Crippen molar-refractivity contribution in [1.29, 1.82) is 0 Å². The van der Waals surface area contributed by atoms with Gasteiger partial charge in [-0.3, -0.25) is 4.99 Å². The van der Waals surface area contributed by atoms with Gasteiger partial charge in [-0.15, -0.1) is 24.0 Å². The van der Waals surface area contributed by atoms with E-state index < -0.39 is 0 Å². The zero-order valence-electron chi connectivity index (χ0n) is 14.7. The van der Waals surface area contributed by atoms with Gasteiger partial charge >= 0.3 is 0 Å². The first-order valence-corrected chi connectivity index (χ1v) is 10.2. The molecule has 0 bridgehead atoms. The van der Waals surface area contributed by atoms with Crippen LogP contribution in [0.3, 0.4) is 0 Å². The van der Waals surface area contributed by atoms with Crippen LogP contribution in [0.15, 0.2) is 27.8 Å². The number of nitrogens with one attached hydrogen (secondary N) is 2. The first-order valence-electron chi connectivity index (χ1n) is 9.18. The van der Waals surface area contributed by atoms with E-state index in [2.05, 4.69) is 22.4 Å². The van der Waals surface area contributed by atoms with Gasteiger partial charge in [0.05, 0.1) is 18.9 Å². The minimum absolute atomic E-state index is 0. The van der Waals surface area contributed by atoms with Crippen LogP contribution in [0.1, 0.15) is 37.9 Å². The van der Waals surface area contributed by atoms with Crippen LogP contribution < -0.4 is 10.6 Å². The van der Waals surface area contributed by atoms with Crippen molar-refractivity contribution in [3.05, 3.63) is 24.2 Å². The molecule has 5 nitrogen and oxygen atoms in total. The monoisotopic (exact) mass is 479 g/mol. The first-order chi connectivity index (χ1) is 11.9. The first kappa shape index (κ1) is 20.9. The van der Waals surface area contributed by atoms with Gasteiger partial charge in [-0.25, -0.2) is 0 Å². The Morgan fingerprint density at radius 1 is 1.24 bits per heavy atom. The second-order valence-electron chi connectivity index (χ2n) is 6.45. The largest absolute Gasteiger partial charge is 0.469 e. The van der Waals surface area contributed by atoms with Gasteiger partial charge < -0.3 is 19.8 Å². The quantitative estimate of drug-likeness (QED) is 0.357. The van der Waals surface area contributed by atoms with Crippen LogP contribution in [0.5, 0.6) is 0 Å². The summed E-state index contributed by atoms with van der Waals surface area (Å²) in [6, 6.07) is 3.94. The molecular formula is C18H30IN3O2S. The maximum atomic E-state index is 5.79. The average molecular weight is 479 g/mol. The van der Waals surface area contributed by atoms with Crippen LogP contribution in [0.25, 0.3) is 0 Å². The zero-order valence-corrected chi connectivity index (χ0v) is 17.9. The highest BCUT2D eigenvalue weighted by molar-refractivity contribution is 14.0. The number of hydrogen-bond donors (Lipinski definition) is 2. The molecule has 1 aromatic rings. The van der Waals surface area contributed by atoms with Crippen molar-refractivity contribution in [2.45, 2.75) is 49.9 Å². The van der Waals surface area contributed by atoms with Gasteiger partial charge in [0.2, 0.25) is 0 Å². The summed E-state index contributed by atoms with van der Waals surface area (Å²) in [5, 5.41) is 7.66. The number of furan rings is 1. The van der Waals surface area contributed by atoms with Crippen molar-refractivity contribution >= 4 is 41.7 Å². The van der Waals surface area contributed by atoms with Gasteiger partial charge in [0, 0.05) is 31.4 Å². The molecular weight excluding hydrogens is 449 g/mol. The Morgan fingerprint density at radius 3 is 2.92 bits per heavy atom. The topological polar surface area (TPSA) is 58.8 Å². The van der Waals surface area contributed by atoms with Crippen molar-refractivity contribution < 1.29 is 9.15 Å². The van der Waals surface area contributed by atoms with E-state index >= 15 is 0 Å². The third kappa shape index (κ3) is 7.78. The van der Waals surface area contributed by atoms with Crippen molar-refractivity contribution in [3.8, 4) is 0 Å². The summed E-state index contributed by atoms with van der Waals surface area (Å²) in [6.45, 7) is 3.44. The van der Waals surface area contributed by atoms with E-state index in [4.69, 9.17) is 14.1 Å². The van der Waals surface area contributed by atoms with Gasteiger partial charge in [-0.2, -0.15) is 11.8 Å². The van der Waals surface area contributed by atoms with Gasteiger partial charge in [-0.1, -0.05) is 0 Å². The molecule has 7 heteroatoms. The van der Waals surface area contributed by atoms with E-state index in [1.807, 2.05) is 12.1 Å². The molecule has 0 amide bonds. The molecule has 1 aromatic heterocycles. The Balaban J connectivity index is 0.00000225. The molecule has 2 aliphatic heterocycles. The van der Waals surface area contributed by atoms with E-state index in [1.165, 1.54) is 31.4 Å². The Kier molecular flexibility index (Phi) is 10.1. The molecule has 0 aromatic carbocycles. The van der Waals surface area contributed by atoms with Gasteiger partial charge in [0.25, 0.3) is 0 Å². The van der Waals surface area contributed by atoms with Gasteiger partial charge in [0.1, 0.15) is 5.76 Å². The summed E-state index contributed by atoms with van der Waals surface area (Å²) in [5.41, 5.74) is 0. The average Bonchev–Trinajstić information content (AvgIpc) is 3.31. The predicted octanol–water partition coefficient (Wildman–Crippen LogP) is 3.44. The number of halogens is 1. The lowest BCUT2D eigenvalue weighted by Gasteiger charge is -2.22. The molecule has 25 heavy (non-hydrogen) atoms. The van der Waals surface area contributed by atoms with E-state index in [-0.39, 0.29) is 30.1 Å². The highest BCUT2D eigenvalue weighted by Crippen LogP contribution is 2.25. The lowest BCUT2D eigenvalue weighted by atomic mass is 10.1. The summed E-state index contributed by atoms with van der Waals surface area (Å²) in [7, 11) is 0. The van der Waals surface area contributed by atoms with E-state index in [1.54, 1.807) is 6.26 Å². The number of nitrogens with zero attached hydrogens (tertiary/aromatic N) is 1. The summed E-state index contributed by atoms with van der Waals surface area (Å²) in [6.07, 6.45) is 9.09. The molecule has 2 aliphatic rings. The Hall–Kier alpha value is -0.410. The molecule has 3 heterocycles. The number of rotatable bonds is 7. The number of aliphatic imine (C=N–C) groups is 1. The van der Waals surface area contributed by atoms with Crippen LogP contribution in [0, 0.1) is 0 Å². The molecule has 0 spiro atoms. The second kappa shape index (κ2) is 12.1. The number of hydrogen-bond acceptors (Lipinski definition) is 4. The minimum Gasteiger partial charge on any atom is -0.469 e. The SMILES string of the molecule is I.c1coc(CCNC(=NCC2CCCCO2)NCC2CCCS2)c1. The zero-order chi connectivity index (χ0) is 16.5. The van der Waals surface area contributed by atoms with Gasteiger partial charge in [0.15, 0.2) is 5.96 Å². The van der Waals surface area contributed by atoms with Crippen LogP contribution in [-0.4, -0.2) is 49.3 Å². The smallest absolute Gasteiger partial charge is 0.191 e. The second-order valence-corrected chi connectivity index (χ2v) is 7.86. The molecule has 0 saturated carbocycles. The van der Waals surface area contributed by atoms with E-state index in [0.717, 1.165) is 50.8 Å². The molecule has 3 rings (SSSR count). The number of ether oxygens (including phenoxy) is 1. The van der Waals surface area contributed by atoms with E-state index in [0.29, 0.717) is 5.25 Å². The Morgan fingerprint density at radius 2 is 2.20 bits per heavy atom. The Bertz CT molecular complexity index is 487. The highest BCUT2D eigenvalue weighted by Gasteiger charge is 2.17. The third-order valence-electron chi connectivity index (χ3n) is 4.49. The number of guanidine groups is 1. The highest BCUT2D eigenvalue weighted by atomic mass is 127. The molecule has 142 valence electrons. The standard InChI is InChI=1S/C18H29N3O2S.HI/c1-2-10-23-16(5-1)13-20-18(21-14-17-7-4-12-24-17)19-9-8-15-6-3-11-22-15;/h3,6,11,16-17H,1-2,4-5,7-10,12-14H2,(H2,19,20,21);1H. The Labute approximate surface area is 172 Å². The lowest BCUT2D eigenvalue weighted by molar-refractivity contribution is 0.0224. The molecule has 2 fully saturated rings. The fraction of sp³-hybridized carbons (Fsp3) is 0.722. The molecule has 0 radical (unpaired) electrons. The van der Waals surface area contributed by atoms with E-state index in [9.17, 15) is 0 Å². The molecule has 2 atom stereocenters. The van der Waals surface area contributed by atoms with Crippen LogP contribution >= 0.6 is 35.7 Å². The maximum absolute atomic E-state index is 5.79. The van der Waals surface area contributed by atoms with Crippen molar-refractivity contribution in [3.63, 3.8) is 0 Å². The summed E-state index contributed by atoms with van der Waals surface area (Å²) < 4.78 is 11.2. The number of thioether (sulfide) groups is 1. The van der Waals surface area contributed by atoms with Crippen LogP contribution in [0.2, 0.25) is 0 Å². The molecule has 2 N–H and O–H groups in total. The lowest BCUT2D eigenvalue weighted by Crippen LogP contribution is -2.41. The van der Waals surface area contributed by atoms with Gasteiger partial charge in [-0.05, 0) is 50.0 Å². The van der Waals surface area contributed by atoms with Crippen molar-refractivity contribution in [2.75, 3.05) is 32.0 Å².